The van der Waals surface area contributed by atoms with Gasteiger partial charge in [-0.15, -0.1) is 0 Å². The first-order valence-electron chi connectivity index (χ1n) is 7.84. The van der Waals surface area contributed by atoms with Crippen molar-refractivity contribution in [1.29, 1.82) is 0 Å². The van der Waals surface area contributed by atoms with Gasteiger partial charge in [-0.25, -0.2) is 17.6 Å². The molecule has 1 N–H and O–H groups in total. The van der Waals surface area contributed by atoms with Crippen LogP contribution in [0.15, 0.2) is 36.4 Å². The molecule has 152 valence electrons. The summed E-state index contributed by atoms with van der Waals surface area (Å²) in [7, 11) is 1.08. The van der Waals surface area contributed by atoms with Crippen LogP contribution in [0.2, 0.25) is 0 Å². The normalized spacial score (nSPS) is 11.6. The number of aromatic nitrogens is 2. The number of hydrogen-bond acceptors (Lipinski definition) is 2. The molecule has 0 saturated heterocycles. The predicted octanol–water partition coefficient (Wildman–Crippen LogP) is 4.91. The largest absolute Gasteiger partial charge is 0.435 e. The van der Waals surface area contributed by atoms with Gasteiger partial charge in [-0.3, -0.25) is 9.48 Å². The minimum atomic E-state index is -4.81. The summed E-state index contributed by atoms with van der Waals surface area (Å²) in [6, 6.07) is 3.90. The van der Waals surface area contributed by atoms with Gasteiger partial charge in [0.1, 0.15) is 23.3 Å². The molecule has 2 aromatic carbocycles. The third-order valence-electron chi connectivity index (χ3n) is 3.90. The summed E-state index contributed by atoms with van der Waals surface area (Å²) in [5.41, 5.74) is -3.59. The number of aryl methyl sites for hydroxylation is 1. The van der Waals surface area contributed by atoms with Gasteiger partial charge in [-0.05, 0) is 30.3 Å². The number of hydrogen-bond donors (Lipinski definition) is 1. The van der Waals surface area contributed by atoms with Crippen molar-refractivity contribution in [3.8, 4) is 11.3 Å². The van der Waals surface area contributed by atoms with E-state index in [1.807, 2.05) is 5.32 Å². The van der Waals surface area contributed by atoms with E-state index < -0.39 is 63.6 Å². The lowest BCUT2D eigenvalue weighted by Gasteiger charge is -2.10. The van der Waals surface area contributed by atoms with Crippen LogP contribution >= 0.6 is 0 Å². The van der Waals surface area contributed by atoms with E-state index in [0.717, 1.165) is 19.2 Å². The molecule has 11 heteroatoms. The molecule has 0 saturated carbocycles. The highest BCUT2D eigenvalue weighted by molar-refractivity contribution is 6.04. The Bertz CT molecular complexity index is 1080. The van der Waals surface area contributed by atoms with Crippen LogP contribution in [0.25, 0.3) is 11.3 Å². The van der Waals surface area contributed by atoms with Gasteiger partial charge in [0.05, 0.1) is 16.8 Å². The second-order valence-corrected chi connectivity index (χ2v) is 5.93. The molecule has 0 aliphatic carbocycles. The second-order valence-electron chi connectivity index (χ2n) is 5.93. The highest BCUT2D eigenvalue weighted by Crippen LogP contribution is 2.34. The molecule has 29 heavy (non-hydrogen) atoms. The van der Waals surface area contributed by atoms with Gasteiger partial charge in [0.2, 0.25) is 0 Å². The lowest BCUT2D eigenvalue weighted by atomic mass is 10.1. The van der Waals surface area contributed by atoms with E-state index in [1.165, 1.54) is 0 Å². The number of carbonyl (C=O) groups excluding carboxylic acids is 1. The van der Waals surface area contributed by atoms with Crippen LogP contribution in [-0.2, 0) is 13.2 Å². The second kappa shape index (κ2) is 7.22. The fourth-order valence-electron chi connectivity index (χ4n) is 2.60. The maximum atomic E-state index is 14.4. The van der Waals surface area contributed by atoms with Gasteiger partial charge in [0.25, 0.3) is 5.91 Å². The zero-order valence-corrected chi connectivity index (χ0v) is 14.4. The Hall–Kier alpha value is -3.37. The summed E-state index contributed by atoms with van der Waals surface area (Å²) in [6.45, 7) is 0. The molecule has 3 rings (SSSR count). The van der Waals surface area contributed by atoms with Gasteiger partial charge in [-0.2, -0.15) is 18.3 Å². The molecule has 1 amide bonds. The SMILES string of the molecule is Cn1nc(C(F)(F)F)cc1-c1c(F)cc(NC(=O)c2ccc(F)cc2F)cc1F. The Kier molecular flexibility index (Phi) is 5.07. The smallest absolute Gasteiger partial charge is 0.322 e. The first kappa shape index (κ1) is 20.4. The zero-order valence-electron chi connectivity index (χ0n) is 14.4. The summed E-state index contributed by atoms with van der Waals surface area (Å²) in [5, 5.41) is 5.22. The van der Waals surface area contributed by atoms with Crippen molar-refractivity contribution in [1.82, 2.24) is 9.78 Å². The molecule has 0 atom stereocenters. The van der Waals surface area contributed by atoms with E-state index in [9.17, 15) is 35.5 Å². The van der Waals surface area contributed by atoms with Crippen molar-refractivity contribution in [2.75, 3.05) is 5.32 Å². The van der Waals surface area contributed by atoms with Crippen molar-refractivity contribution in [2.45, 2.75) is 6.18 Å². The van der Waals surface area contributed by atoms with E-state index in [4.69, 9.17) is 0 Å². The number of nitrogens with zero attached hydrogens (tertiary/aromatic N) is 2. The Morgan fingerprint density at radius 2 is 1.59 bits per heavy atom. The molecule has 0 aliphatic heterocycles. The van der Waals surface area contributed by atoms with Crippen LogP contribution in [0, 0.1) is 23.3 Å². The monoisotopic (exact) mass is 417 g/mol. The zero-order chi connectivity index (χ0) is 21.5. The Morgan fingerprint density at radius 3 is 2.10 bits per heavy atom. The topological polar surface area (TPSA) is 46.9 Å². The Balaban J connectivity index is 1.94. The van der Waals surface area contributed by atoms with Crippen molar-refractivity contribution in [3.05, 3.63) is 70.9 Å². The third kappa shape index (κ3) is 4.08. The number of nitrogens with one attached hydrogen (secondary N) is 1. The van der Waals surface area contributed by atoms with E-state index in [1.54, 1.807) is 0 Å². The summed E-state index contributed by atoms with van der Waals surface area (Å²) >= 11 is 0. The third-order valence-corrected chi connectivity index (χ3v) is 3.90. The Labute approximate surface area is 158 Å². The summed E-state index contributed by atoms with van der Waals surface area (Å²) in [4.78, 5) is 12.0. The molecule has 4 nitrogen and oxygen atoms in total. The average Bonchev–Trinajstić information content (AvgIpc) is 2.96. The van der Waals surface area contributed by atoms with Gasteiger partial charge >= 0.3 is 6.18 Å². The van der Waals surface area contributed by atoms with Gasteiger partial charge in [0.15, 0.2) is 5.69 Å². The molecule has 0 unspecified atom stereocenters. The highest BCUT2D eigenvalue weighted by atomic mass is 19.4. The first-order chi connectivity index (χ1) is 13.5. The summed E-state index contributed by atoms with van der Waals surface area (Å²) in [5.74, 6) is -5.77. The van der Waals surface area contributed by atoms with Crippen LogP contribution in [-0.4, -0.2) is 15.7 Å². The number of benzene rings is 2. The summed E-state index contributed by atoms with van der Waals surface area (Å²) in [6.07, 6.45) is -4.81. The quantitative estimate of drug-likeness (QED) is 0.616. The number of anilines is 1. The van der Waals surface area contributed by atoms with E-state index in [0.29, 0.717) is 28.9 Å². The van der Waals surface area contributed by atoms with Crippen molar-refractivity contribution in [3.63, 3.8) is 0 Å². The maximum absolute atomic E-state index is 14.4. The van der Waals surface area contributed by atoms with Crippen LogP contribution in [0.1, 0.15) is 16.1 Å². The molecule has 3 aromatic rings. The first-order valence-corrected chi connectivity index (χ1v) is 7.84. The Morgan fingerprint density at radius 1 is 0.966 bits per heavy atom. The molecular formula is C18H10F7N3O. The number of halogens is 7. The molecule has 1 heterocycles. The molecule has 0 bridgehead atoms. The molecule has 0 fully saturated rings. The molecule has 1 aromatic heterocycles. The molecule has 0 spiro atoms. The number of carbonyl (C=O) groups is 1. The molecular weight excluding hydrogens is 407 g/mol. The van der Waals surface area contributed by atoms with Gasteiger partial charge in [-0.1, -0.05) is 0 Å². The lowest BCUT2D eigenvalue weighted by molar-refractivity contribution is -0.141. The maximum Gasteiger partial charge on any atom is 0.435 e. The molecule has 0 aliphatic rings. The average molecular weight is 417 g/mol. The fraction of sp³-hybridized carbons (Fsp3) is 0.111. The van der Waals surface area contributed by atoms with E-state index >= 15 is 0 Å². The van der Waals surface area contributed by atoms with E-state index in [2.05, 4.69) is 5.10 Å². The van der Waals surface area contributed by atoms with Crippen LogP contribution in [0.5, 0.6) is 0 Å². The minimum Gasteiger partial charge on any atom is -0.322 e. The lowest BCUT2D eigenvalue weighted by Crippen LogP contribution is -2.14. The number of rotatable bonds is 3. The fourth-order valence-corrected chi connectivity index (χ4v) is 2.60. The van der Waals surface area contributed by atoms with E-state index in [-0.39, 0.29) is 0 Å². The standard InChI is InChI=1S/C18H10F7N3O/c1-28-14(7-15(27-28)18(23,24)25)16-12(21)5-9(6-13(16)22)26-17(29)10-3-2-8(19)4-11(10)20/h2-7H,1H3,(H,26,29). The van der Waals surface area contributed by atoms with Crippen LogP contribution in [0.4, 0.5) is 36.4 Å². The van der Waals surface area contributed by atoms with Gasteiger partial charge in [0, 0.05) is 18.8 Å². The van der Waals surface area contributed by atoms with Gasteiger partial charge < -0.3 is 5.32 Å². The predicted molar refractivity (Wildman–Crippen MR) is 87.9 cm³/mol. The number of alkyl halides is 3. The van der Waals surface area contributed by atoms with Crippen molar-refractivity contribution < 1.29 is 35.5 Å². The van der Waals surface area contributed by atoms with Crippen LogP contribution in [0.3, 0.4) is 0 Å². The number of amides is 1. The minimum absolute atomic E-state index is 0.421. The van der Waals surface area contributed by atoms with Crippen molar-refractivity contribution >= 4 is 11.6 Å². The molecule has 0 radical (unpaired) electrons. The van der Waals surface area contributed by atoms with Crippen molar-refractivity contribution in [2.24, 2.45) is 7.05 Å². The van der Waals surface area contributed by atoms with Crippen LogP contribution < -0.4 is 5.32 Å². The summed E-state index contributed by atoms with van der Waals surface area (Å²) < 4.78 is 94.4. The highest BCUT2D eigenvalue weighted by Gasteiger charge is 2.35.